The standard InChI is InChI=1S/C29H32BrClN4O3S/c1-5-11-39-28-33-27-32-21-14-29(3,4)15-22(36)24(21)25(35(27)34-28)18-12-19(30)26(23(13-18)37-6-2)38-16-17-9-7-8-10-20(17)31/h7-10,12-13,25H,5-6,11,14-16H2,1-4H3,(H,32,33,34). The van der Waals surface area contributed by atoms with E-state index in [1.54, 1.807) is 11.8 Å². The molecule has 3 aromatic rings. The van der Waals surface area contributed by atoms with Crippen LogP contribution in [0.15, 0.2) is 57.3 Å². The Morgan fingerprint density at radius 1 is 1.21 bits per heavy atom. The highest BCUT2D eigenvalue weighted by Gasteiger charge is 2.42. The number of nitrogens with zero attached hydrogens (tertiary/aromatic N) is 3. The van der Waals surface area contributed by atoms with Gasteiger partial charge in [-0.25, -0.2) is 4.68 Å². The third kappa shape index (κ3) is 5.86. The second kappa shape index (κ2) is 11.6. The number of hydrogen-bond donors (Lipinski definition) is 1. The monoisotopic (exact) mass is 630 g/mol. The van der Waals surface area contributed by atoms with Crippen molar-refractivity contribution in [2.75, 3.05) is 17.7 Å². The van der Waals surface area contributed by atoms with E-state index >= 15 is 0 Å². The number of rotatable bonds is 9. The van der Waals surface area contributed by atoms with Gasteiger partial charge in [0, 0.05) is 34.0 Å². The van der Waals surface area contributed by atoms with Gasteiger partial charge in [-0.2, -0.15) is 4.98 Å². The predicted octanol–water partition coefficient (Wildman–Crippen LogP) is 7.83. The first-order valence-electron chi connectivity index (χ1n) is 13.2. The van der Waals surface area contributed by atoms with E-state index in [0.717, 1.165) is 45.5 Å². The Kier molecular flexibility index (Phi) is 8.31. The van der Waals surface area contributed by atoms with Crippen molar-refractivity contribution < 1.29 is 14.3 Å². The summed E-state index contributed by atoms with van der Waals surface area (Å²) in [5.41, 5.74) is 3.27. The summed E-state index contributed by atoms with van der Waals surface area (Å²) in [4.78, 5) is 18.4. The minimum atomic E-state index is -0.434. The fourth-order valence-electron chi connectivity index (χ4n) is 5.07. The van der Waals surface area contributed by atoms with Crippen LogP contribution in [0.2, 0.25) is 5.02 Å². The molecule has 0 fully saturated rings. The molecule has 1 aliphatic heterocycles. The zero-order valence-corrected chi connectivity index (χ0v) is 25.7. The molecule has 5 rings (SSSR count). The molecule has 1 aromatic heterocycles. The number of fused-ring (bicyclic) bond motifs is 1. The summed E-state index contributed by atoms with van der Waals surface area (Å²) in [6, 6.07) is 11.1. The highest BCUT2D eigenvalue weighted by Crippen LogP contribution is 2.48. The Morgan fingerprint density at radius 2 is 2.00 bits per heavy atom. The van der Waals surface area contributed by atoms with Crippen molar-refractivity contribution in [1.29, 1.82) is 0 Å². The van der Waals surface area contributed by atoms with E-state index in [1.165, 1.54) is 0 Å². The molecule has 2 aliphatic rings. The van der Waals surface area contributed by atoms with Crippen LogP contribution < -0.4 is 14.8 Å². The maximum Gasteiger partial charge on any atom is 0.227 e. The normalized spacial score (nSPS) is 17.9. The molecule has 0 amide bonds. The number of ether oxygens (including phenoxy) is 2. The number of hydrogen-bond acceptors (Lipinski definition) is 7. The third-order valence-electron chi connectivity index (χ3n) is 6.73. The zero-order valence-electron chi connectivity index (χ0n) is 22.5. The molecule has 1 atom stereocenters. The van der Waals surface area contributed by atoms with Gasteiger partial charge in [-0.05, 0) is 64.9 Å². The highest BCUT2D eigenvalue weighted by molar-refractivity contribution is 9.10. The molecule has 1 N–H and O–H groups in total. The lowest BCUT2D eigenvalue weighted by Crippen LogP contribution is -2.36. The number of allylic oxidation sites excluding steroid dienone is 2. The molecule has 2 aromatic carbocycles. The van der Waals surface area contributed by atoms with Gasteiger partial charge in [0.2, 0.25) is 11.1 Å². The summed E-state index contributed by atoms with van der Waals surface area (Å²) in [5.74, 6) is 2.86. The summed E-state index contributed by atoms with van der Waals surface area (Å²) in [6.45, 7) is 9.07. The summed E-state index contributed by atoms with van der Waals surface area (Å²) in [5, 5.41) is 9.62. The van der Waals surface area contributed by atoms with E-state index in [0.29, 0.717) is 47.3 Å². The van der Waals surface area contributed by atoms with Crippen LogP contribution in [0.4, 0.5) is 5.95 Å². The average molecular weight is 632 g/mol. The number of carbonyl (C=O) groups excluding carboxylic acids is 1. The van der Waals surface area contributed by atoms with E-state index in [2.05, 4.69) is 42.0 Å². The molecule has 1 aliphatic carbocycles. The fraction of sp³-hybridized carbons (Fsp3) is 0.414. The van der Waals surface area contributed by atoms with E-state index in [9.17, 15) is 4.79 Å². The second-order valence-electron chi connectivity index (χ2n) is 10.5. The minimum absolute atomic E-state index is 0.121. The molecule has 7 nitrogen and oxygen atoms in total. The first-order valence-corrected chi connectivity index (χ1v) is 15.3. The number of nitrogens with one attached hydrogen (secondary N) is 1. The smallest absolute Gasteiger partial charge is 0.227 e. The molecule has 0 saturated carbocycles. The first kappa shape index (κ1) is 28.1. The van der Waals surface area contributed by atoms with Crippen LogP contribution in [0, 0.1) is 5.41 Å². The van der Waals surface area contributed by atoms with Gasteiger partial charge in [-0.3, -0.25) is 4.79 Å². The van der Waals surface area contributed by atoms with E-state index < -0.39 is 6.04 Å². The molecular formula is C29H32BrClN4O3S. The maximum absolute atomic E-state index is 13.6. The first-order chi connectivity index (χ1) is 18.7. The van der Waals surface area contributed by atoms with Crippen molar-refractivity contribution in [3.8, 4) is 11.5 Å². The summed E-state index contributed by atoms with van der Waals surface area (Å²) in [6.07, 6.45) is 2.25. The summed E-state index contributed by atoms with van der Waals surface area (Å²) >= 11 is 11.7. The molecular weight excluding hydrogens is 600 g/mol. The largest absolute Gasteiger partial charge is 0.490 e. The molecule has 206 valence electrons. The van der Waals surface area contributed by atoms with Gasteiger partial charge in [-0.15, -0.1) is 5.10 Å². The van der Waals surface area contributed by atoms with Crippen LogP contribution in [-0.4, -0.2) is 32.9 Å². The second-order valence-corrected chi connectivity index (χ2v) is 12.8. The zero-order chi connectivity index (χ0) is 27.7. The Balaban J connectivity index is 1.58. The lowest BCUT2D eigenvalue weighted by atomic mass is 9.73. The van der Waals surface area contributed by atoms with E-state index in [-0.39, 0.29) is 11.2 Å². The third-order valence-corrected chi connectivity index (χ3v) is 8.73. The molecule has 0 radical (unpaired) electrons. The van der Waals surface area contributed by atoms with Gasteiger partial charge in [0.25, 0.3) is 0 Å². The topological polar surface area (TPSA) is 78.3 Å². The number of Topliss-reactive ketones (excluding diaryl/α,β-unsaturated/α-hetero) is 1. The Bertz CT molecular complexity index is 1440. The molecule has 39 heavy (non-hydrogen) atoms. The summed E-state index contributed by atoms with van der Waals surface area (Å²) < 4.78 is 14.8. The van der Waals surface area contributed by atoms with Crippen molar-refractivity contribution in [3.05, 3.63) is 68.3 Å². The number of anilines is 1. The molecule has 0 spiro atoms. The van der Waals surface area contributed by atoms with Crippen molar-refractivity contribution in [1.82, 2.24) is 14.8 Å². The quantitative estimate of drug-likeness (QED) is 0.241. The van der Waals surface area contributed by atoms with Crippen molar-refractivity contribution in [3.63, 3.8) is 0 Å². The lowest BCUT2D eigenvalue weighted by Gasteiger charge is -2.38. The van der Waals surface area contributed by atoms with Crippen LogP contribution in [0.5, 0.6) is 11.5 Å². The van der Waals surface area contributed by atoms with E-state index in [1.807, 2.05) is 48.0 Å². The van der Waals surface area contributed by atoms with Crippen LogP contribution in [0.1, 0.15) is 64.1 Å². The highest BCUT2D eigenvalue weighted by atomic mass is 79.9. The molecule has 1 unspecified atom stereocenters. The van der Waals surface area contributed by atoms with Gasteiger partial charge in [0.1, 0.15) is 12.6 Å². The van der Waals surface area contributed by atoms with Crippen molar-refractivity contribution >= 4 is 51.0 Å². The van der Waals surface area contributed by atoms with Crippen molar-refractivity contribution in [2.45, 2.75) is 64.8 Å². The van der Waals surface area contributed by atoms with Crippen LogP contribution in [0.25, 0.3) is 0 Å². The number of thioether (sulfide) groups is 1. The van der Waals surface area contributed by atoms with E-state index in [4.69, 9.17) is 31.2 Å². The molecule has 10 heteroatoms. The van der Waals surface area contributed by atoms with Crippen molar-refractivity contribution in [2.24, 2.45) is 5.41 Å². The maximum atomic E-state index is 13.6. The van der Waals surface area contributed by atoms with Gasteiger partial charge >= 0.3 is 0 Å². The number of benzene rings is 2. The Morgan fingerprint density at radius 3 is 2.74 bits per heavy atom. The SMILES string of the molecule is CCCSc1nc2n(n1)C(c1cc(Br)c(OCc3ccccc3Cl)c(OCC)c1)C1=C(CC(C)(C)CC1=O)N2. The fourth-order valence-corrected chi connectivity index (χ4v) is 6.51. The van der Waals surface area contributed by atoms with Crippen LogP contribution >= 0.6 is 39.3 Å². The van der Waals surface area contributed by atoms with Gasteiger partial charge in [-0.1, -0.05) is 62.3 Å². The van der Waals surface area contributed by atoms with Crippen LogP contribution in [0.3, 0.4) is 0 Å². The van der Waals surface area contributed by atoms with Crippen LogP contribution in [-0.2, 0) is 11.4 Å². The lowest BCUT2D eigenvalue weighted by molar-refractivity contribution is -0.118. The van der Waals surface area contributed by atoms with Gasteiger partial charge in [0.05, 0.1) is 11.1 Å². The number of ketones is 1. The Hall–Kier alpha value is -2.49. The van der Waals surface area contributed by atoms with Gasteiger partial charge in [0.15, 0.2) is 17.3 Å². The molecule has 0 saturated heterocycles. The molecule has 2 heterocycles. The number of carbonyl (C=O) groups is 1. The average Bonchev–Trinajstić information content (AvgIpc) is 3.28. The predicted molar refractivity (Wildman–Crippen MR) is 159 cm³/mol. The number of aromatic nitrogens is 3. The number of halogens is 2. The summed E-state index contributed by atoms with van der Waals surface area (Å²) in [7, 11) is 0. The van der Waals surface area contributed by atoms with Gasteiger partial charge < -0.3 is 14.8 Å². The Labute approximate surface area is 246 Å². The minimum Gasteiger partial charge on any atom is -0.490 e. The molecule has 0 bridgehead atoms.